The molecule has 1 aromatic heterocycles. The van der Waals surface area contributed by atoms with Crippen molar-refractivity contribution in [1.29, 1.82) is 0 Å². The summed E-state index contributed by atoms with van der Waals surface area (Å²) in [4.78, 5) is 19.8. The fourth-order valence-corrected chi connectivity index (χ4v) is 5.42. The number of rotatable bonds is 2. The number of hydrogen-bond donors (Lipinski definition) is 0. The van der Waals surface area contributed by atoms with Gasteiger partial charge in [-0.3, -0.25) is 9.36 Å². The van der Waals surface area contributed by atoms with Gasteiger partial charge in [-0.25, -0.2) is 13.4 Å². The molecule has 0 saturated carbocycles. The quantitative estimate of drug-likeness (QED) is 0.649. The van der Waals surface area contributed by atoms with Crippen molar-refractivity contribution in [2.75, 3.05) is 26.3 Å². The normalized spacial score (nSPS) is 17.4. The molecule has 0 aliphatic carbocycles. The molecule has 29 heavy (non-hydrogen) atoms. The predicted molar refractivity (Wildman–Crippen MR) is 107 cm³/mol. The van der Waals surface area contributed by atoms with Crippen molar-refractivity contribution >= 4 is 15.7 Å². The summed E-state index contributed by atoms with van der Waals surface area (Å²) < 4.78 is 33.0. The molecule has 1 saturated heterocycles. The number of aromatic nitrogens is 2. The van der Waals surface area contributed by atoms with Crippen molar-refractivity contribution in [3.63, 3.8) is 0 Å². The number of sulfone groups is 1. The first kappa shape index (κ1) is 18.1. The molecule has 148 valence electrons. The molecule has 1 fully saturated rings. The molecule has 0 N–H and O–H groups in total. The third-order valence-electron chi connectivity index (χ3n) is 5.27. The van der Waals surface area contributed by atoms with Gasteiger partial charge in [-0.15, -0.1) is 0 Å². The van der Waals surface area contributed by atoms with Gasteiger partial charge in [0.05, 0.1) is 35.2 Å². The third kappa shape index (κ3) is 2.95. The Morgan fingerprint density at radius 1 is 0.966 bits per heavy atom. The van der Waals surface area contributed by atoms with E-state index in [9.17, 15) is 13.2 Å². The monoisotopic (exact) mass is 409 g/mol. The Bertz CT molecular complexity index is 1200. The van der Waals surface area contributed by atoms with Gasteiger partial charge in [0.2, 0.25) is 0 Å². The smallest absolute Gasteiger partial charge is 0.274 e. The predicted octanol–water partition coefficient (Wildman–Crippen LogP) is 2.30. The molecule has 1 amide bonds. The maximum absolute atomic E-state index is 13.2. The number of carbonyl (C=O) groups is 1. The summed E-state index contributed by atoms with van der Waals surface area (Å²) in [6.45, 7) is 1.87. The van der Waals surface area contributed by atoms with Crippen molar-refractivity contribution in [2.24, 2.45) is 0 Å². The van der Waals surface area contributed by atoms with Crippen LogP contribution in [0.1, 0.15) is 16.2 Å². The number of carbonyl (C=O) groups excluding carboxylic acids is 1. The van der Waals surface area contributed by atoms with Gasteiger partial charge in [0.15, 0.2) is 15.5 Å². The lowest BCUT2D eigenvalue weighted by Crippen LogP contribution is -2.41. The molecular weight excluding hydrogens is 390 g/mol. The van der Waals surface area contributed by atoms with Crippen LogP contribution >= 0.6 is 0 Å². The number of benzene rings is 2. The Balaban J connectivity index is 1.75. The highest BCUT2D eigenvalue weighted by Crippen LogP contribution is 2.37. The van der Waals surface area contributed by atoms with Crippen molar-refractivity contribution in [3.8, 4) is 17.1 Å². The first-order valence-electron chi connectivity index (χ1n) is 9.42. The van der Waals surface area contributed by atoms with Crippen LogP contribution in [0.25, 0.3) is 17.1 Å². The Labute approximate surface area is 168 Å². The molecule has 2 aromatic carbocycles. The minimum atomic E-state index is -3.57. The molecule has 3 aromatic rings. The summed E-state index contributed by atoms with van der Waals surface area (Å²) in [7, 11) is -3.57. The van der Waals surface area contributed by atoms with Gasteiger partial charge in [0.1, 0.15) is 5.82 Å². The zero-order valence-electron chi connectivity index (χ0n) is 15.6. The SMILES string of the molecule is O=C(c1nc(-c2ccccc2)n2c1CS(=O)(=O)c1ccccc1-2)N1CCOCC1. The van der Waals surface area contributed by atoms with E-state index in [4.69, 9.17) is 4.74 Å². The standard InChI is InChI=1S/C21H19N3O4S/c25-21(23-10-12-28-13-11-23)19-17-14-29(26,27)18-9-5-4-8-16(18)24(17)20(22-19)15-6-2-1-3-7-15/h1-9H,10-14H2. The lowest BCUT2D eigenvalue weighted by atomic mass is 10.2. The van der Waals surface area contributed by atoms with Crippen LogP contribution in [0.4, 0.5) is 0 Å². The number of para-hydroxylation sites is 1. The highest BCUT2D eigenvalue weighted by atomic mass is 32.2. The van der Waals surface area contributed by atoms with Gasteiger partial charge in [0.25, 0.3) is 5.91 Å². The molecule has 0 unspecified atom stereocenters. The number of ether oxygens (including phenoxy) is 1. The molecule has 8 heteroatoms. The minimum absolute atomic E-state index is 0.198. The number of imidazole rings is 1. The maximum atomic E-state index is 13.2. The Morgan fingerprint density at radius 3 is 2.41 bits per heavy atom. The second kappa shape index (κ2) is 6.82. The van der Waals surface area contributed by atoms with Crippen LogP contribution in [0.3, 0.4) is 0 Å². The number of hydrogen-bond acceptors (Lipinski definition) is 5. The third-order valence-corrected chi connectivity index (χ3v) is 6.94. The van der Waals surface area contributed by atoms with E-state index in [1.165, 1.54) is 0 Å². The van der Waals surface area contributed by atoms with Crippen LogP contribution in [0.5, 0.6) is 0 Å². The lowest BCUT2D eigenvalue weighted by Gasteiger charge is -2.27. The summed E-state index contributed by atoms with van der Waals surface area (Å²) in [6, 6.07) is 16.4. The topological polar surface area (TPSA) is 81.5 Å². The number of fused-ring (bicyclic) bond motifs is 3. The van der Waals surface area contributed by atoms with Crippen LogP contribution in [0.15, 0.2) is 59.5 Å². The second-order valence-electron chi connectivity index (χ2n) is 7.06. The Morgan fingerprint density at radius 2 is 1.66 bits per heavy atom. The molecule has 7 nitrogen and oxygen atoms in total. The van der Waals surface area contributed by atoms with Gasteiger partial charge < -0.3 is 9.64 Å². The van der Waals surface area contributed by atoms with Crippen LogP contribution < -0.4 is 0 Å². The minimum Gasteiger partial charge on any atom is -0.378 e. The van der Waals surface area contributed by atoms with Gasteiger partial charge in [-0.1, -0.05) is 42.5 Å². The molecule has 2 aliphatic heterocycles. The number of nitrogens with zero attached hydrogens (tertiary/aromatic N) is 3. The average molecular weight is 409 g/mol. The Kier molecular flexibility index (Phi) is 4.25. The van der Waals surface area contributed by atoms with E-state index in [0.29, 0.717) is 43.5 Å². The molecule has 3 heterocycles. The van der Waals surface area contributed by atoms with Gasteiger partial charge >= 0.3 is 0 Å². The first-order chi connectivity index (χ1) is 14.1. The molecule has 0 atom stereocenters. The van der Waals surface area contributed by atoms with Crippen molar-refractivity contribution < 1.29 is 17.9 Å². The molecule has 2 aliphatic rings. The summed E-state index contributed by atoms with van der Waals surface area (Å²) in [5.41, 5.74) is 1.97. The zero-order valence-corrected chi connectivity index (χ0v) is 16.4. The summed E-state index contributed by atoms with van der Waals surface area (Å²) in [5, 5.41) is 0. The number of morpholine rings is 1. The average Bonchev–Trinajstić information content (AvgIpc) is 3.13. The Hall–Kier alpha value is -2.97. The highest BCUT2D eigenvalue weighted by molar-refractivity contribution is 7.90. The van der Waals surface area contributed by atoms with Crippen molar-refractivity contribution in [1.82, 2.24) is 14.5 Å². The van der Waals surface area contributed by atoms with E-state index in [1.807, 2.05) is 34.9 Å². The van der Waals surface area contributed by atoms with E-state index >= 15 is 0 Å². The van der Waals surface area contributed by atoms with Crippen LogP contribution in [-0.4, -0.2) is 55.1 Å². The molecule has 0 bridgehead atoms. The maximum Gasteiger partial charge on any atom is 0.274 e. The molecule has 5 rings (SSSR count). The van der Waals surface area contributed by atoms with Crippen LogP contribution in [0.2, 0.25) is 0 Å². The lowest BCUT2D eigenvalue weighted by molar-refractivity contribution is 0.0298. The number of amides is 1. The van der Waals surface area contributed by atoms with E-state index in [-0.39, 0.29) is 22.2 Å². The van der Waals surface area contributed by atoms with Crippen LogP contribution in [-0.2, 0) is 20.3 Å². The van der Waals surface area contributed by atoms with Crippen LogP contribution in [0, 0.1) is 0 Å². The van der Waals surface area contributed by atoms with E-state index in [2.05, 4.69) is 4.98 Å². The second-order valence-corrected chi connectivity index (χ2v) is 9.02. The largest absolute Gasteiger partial charge is 0.378 e. The van der Waals surface area contributed by atoms with Crippen molar-refractivity contribution in [3.05, 3.63) is 66.0 Å². The summed E-state index contributed by atoms with van der Waals surface area (Å²) in [6.07, 6.45) is 0. The fourth-order valence-electron chi connectivity index (χ4n) is 3.88. The van der Waals surface area contributed by atoms with E-state index in [1.54, 1.807) is 29.2 Å². The van der Waals surface area contributed by atoms with Gasteiger partial charge in [-0.2, -0.15) is 0 Å². The highest BCUT2D eigenvalue weighted by Gasteiger charge is 2.36. The summed E-state index contributed by atoms with van der Waals surface area (Å²) in [5.74, 6) is 0.0586. The van der Waals surface area contributed by atoms with E-state index in [0.717, 1.165) is 5.56 Å². The van der Waals surface area contributed by atoms with Gasteiger partial charge in [0, 0.05) is 18.7 Å². The molecule has 0 radical (unpaired) electrons. The fraction of sp³-hybridized carbons (Fsp3) is 0.238. The zero-order chi connectivity index (χ0) is 20.0. The molecule has 0 spiro atoms. The van der Waals surface area contributed by atoms with Gasteiger partial charge in [-0.05, 0) is 12.1 Å². The van der Waals surface area contributed by atoms with Crippen molar-refractivity contribution in [2.45, 2.75) is 10.6 Å². The molecular formula is C21H19N3O4S. The van der Waals surface area contributed by atoms with E-state index < -0.39 is 9.84 Å². The summed E-state index contributed by atoms with van der Waals surface area (Å²) >= 11 is 0. The first-order valence-corrected chi connectivity index (χ1v) is 11.1.